The minimum atomic E-state index is -3.39. The molecule has 27 heavy (non-hydrogen) atoms. The van der Waals surface area contributed by atoms with Crippen molar-refractivity contribution in [1.82, 2.24) is 14.5 Å². The highest BCUT2D eigenvalue weighted by Crippen LogP contribution is 2.24. The van der Waals surface area contributed by atoms with Gasteiger partial charge in [-0.15, -0.1) is 21.5 Å². The number of anilines is 1. The van der Waals surface area contributed by atoms with E-state index in [1.54, 1.807) is 17.5 Å². The van der Waals surface area contributed by atoms with Crippen LogP contribution < -0.4 is 4.90 Å². The first kappa shape index (κ1) is 18.4. The van der Waals surface area contributed by atoms with E-state index in [1.807, 2.05) is 36.4 Å². The van der Waals surface area contributed by atoms with Gasteiger partial charge in [-0.1, -0.05) is 29.8 Å². The van der Waals surface area contributed by atoms with E-state index in [-0.39, 0.29) is 0 Å². The lowest BCUT2D eigenvalue weighted by Crippen LogP contribution is -2.48. The second-order valence-corrected chi connectivity index (χ2v) is 9.66. The summed E-state index contributed by atoms with van der Waals surface area (Å²) in [6.45, 7) is 2.03. The lowest BCUT2D eigenvalue weighted by atomic mass is 10.1. The first-order chi connectivity index (χ1) is 13.0. The molecular weight excluding hydrogens is 404 g/mol. The monoisotopic (exact) mass is 420 g/mol. The van der Waals surface area contributed by atoms with Crippen LogP contribution in [0.4, 0.5) is 5.82 Å². The molecule has 1 aliphatic heterocycles. The van der Waals surface area contributed by atoms with E-state index in [2.05, 4.69) is 15.1 Å². The number of rotatable bonds is 4. The van der Waals surface area contributed by atoms with Crippen LogP contribution in [0.1, 0.15) is 0 Å². The molecule has 3 heterocycles. The van der Waals surface area contributed by atoms with Crippen molar-refractivity contribution >= 4 is 38.8 Å². The fourth-order valence-corrected chi connectivity index (χ4v) is 5.66. The molecule has 0 radical (unpaired) electrons. The summed E-state index contributed by atoms with van der Waals surface area (Å²) in [5.74, 6) is 0.751. The van der Waals surface area contributed by atoms with Crippen LogP contribution >= 0.6 is 22.9 Å². The van der Waals surface area contributed by atoms with Gasteiger partial charge < -0.3 is 4.90 Å². The van der Waals surface area contributed by atoms with Gasteiger partial charge in [0.1, 0.15) is 4.21 Å². The maximum Gasteiger partial charge on any atom is 0.252 e. The summed E-state index contributed by atoms with van der Waals surface area (Å²) in [5.41, 5.74) is 1.72. The molecule has 0 amide bonds. The predicted molar refractivity (Wildman–Crippen MR) is 108 cm³/mol. The molecule has 0 bridgehead atoms. The topological polar surface area (TPSA) is 66.4 Å². The maximum absolute atomic E-state index is 12.6. The van der Waals surface area contributed by atoms with Crippen molar-refractivity contribution in [2.45, 2.75) is 4.21 Å². The van der Waals surface area contributed by atoms with Crippen molar-refractivity contribution in [3.63, 3.8) is 0 Å². The number of thiophene rings is 1. The standard InChI is InChI=1S/C18H17ClN4O2S2/c19-15-5-3-14(4-6-15)16-7-8-17(21-20-16)22-9-11-23(12-10-22)27(24,25)18-2-1-13-26-18/h1-8,13H,9-12H2. The Balaban J connectivity index is 1.43. The molecule has 0 aliphatic carbocycles. The second kappa shape index (κ2) is 7.55. The third-order valence-electron chi connectivity index (χ3n) is 4.44. The van der Waals surface area contributed by atoms with Gasteiger partial charge >= 0.3 is 0 Å². The number of nitrogens with zero attached hydrogens (tertiary/aromatic N) is 4. The minimum Gasteiger partial charge on any atom is -0.352 e. The van der Waals surface area contributed by atoms with Gasteiger partial charge in [-0.2, -0.15) is 4.31 Å². The summed E-state index contributed by atoms with van der Waals surface area (Å²) in [5, 5.41) is 11.1. The van der Waals surface area contributed by atoms with Gasteiger partial charge in [-0.05, 0) is 35.7 Å². The summed E-state index contributed by atoms with van der Waals surface area (Å²) in [7, 11) is -3.39. The maximum atomic E-state index is 12.6. The van der Waals surface area contributed by atoms with Crippen LogP contribution in [0.5, 0.6) is 0 Å². The van der Waals surface area contributed by atoms with Crippen LogP contribution in [-0.4, -0.2) is 49.1 Å². The molecule has 0 spiro atoms. The lowest BCUT2D eigenvalue weighted by molar-refractivity contribution is 0.384. The van der Waals surface area contributed by atoms with Gasteiger partial charge in [-0.25, -0.2) is 8.42 Å². The highest BCUT2D eigenvalue weighted by molar-refractivity contribution is 7.91. The van der Waals surface area contributed by atoms with E-state index in [0.717, 1.165) is 17.1 Å². The van der Waals surface area contributed by atoms with Gasteiger partial charge in [0.15, 0.2) is 5.82 Å². The minimum absolute atomic E-state index is 0.392. The van der Waals surface area contributed by atoms with Gasteiger partial charge in [0.05, 0.1) is 5.69 Å². The van der Waals surface area contributed by atoms with E-state index in [0.29, 0.717) is 35.4 Å². The third kappa shape index (κ3) is 3.84. The molecule has 2 aromatic heterocycles. The van der Waals surface area contributed by atoms with Crippen LogP contribution in [0.3, 0.4) is 0 Å². The quantitative estimate of drug-likeness (QED) is 0.647. The third-order valence-corrected chi connectivity index (χ3v) is 7.97. The zero-order valence-electron chi connectivity index (χ0n) is 14.3. The average Bonchev–Trinajstić information content (AvgIpc) is 3.25. The van der Waals surface area contributed by atoms with E-state index < -0.39 is 10.0 Å². The number of halogens is 1. The van der Waals surface area contributed by atoms with Crippen molar-refractivity contribution in [1.29, 1.82) is 0 Å². The van der Waals surface area contributed by atoms with E-state index in [9.17, 15) is 8.42 Å². The number of sulfonamides is 1. The van der Waals surface area contributed by atoms with Crippen molar-refractivity contribution in [2.24, 2.45) is 0 Å². The zero-order valence-corrected chi connectivity index (χ0v) is 16.7. The molecule has 1 fully saturated rings. The summed E-state index contributed by atoms with van der Waals surface area (Å²) >= 11 is 7.16. The molecule has 1 aliphatic rings. The van der Waals surface area contributed by atoms with E-state index in [1.165, 1.54) is 15.6 Å². The fourth-order valence-electron chi connectivity index (χ4n) is 2.96. The van der Waals surface area contributed by atoms with Crippen molar-refractivity contribution in [3.05, 3.63) is 58.9 Å². The summed E-state index contributed by atoms with van der Waals surface area (Å²) in [4.78, 5) is 2.05. The van der Waals surface area contributed by atoms with Crippen LogP contribution in [0.25, 0.3) is 11.3 Å². The number of hydrogen-bond donors (Lipinski definition) is 0. The Hall–Kier alpha value is -2.00. The Morgan fingerprint density at radius 3 is 2.26 bits per heavy atom. The number of aromatic nitrogens is 2. The molecule has 6 nitrogen and oxygen atoms in total. The van der Waals surface area contributed by atoms with Crippen molar-refractivity contribution < 1.29 is 8.42 Å². The SMILES string of the molecule is O=S(=O)(c1cccs1)N1CCN(c2ccc(-c3ccc(Cl)cc3)nn2)CC1. The average molecular weight is 421 g/mol. The Labute approximate surface area is 167 Å². The smallest absolute Gasteiger partial charge is 0.252 e. The number of benzene rings is 1. The molecule has 0 N–H and O–H groups in total. The van der Waals surface area contributed by atoms with Crippen LogP contribution in [0, 0.1) is 0 Å². The van der Waals surface area contributed by atoms with Crippen LogP contribution in [-0.2, 0) is 10.0 Å². The van der Waals surface area contributed by atoms with Gasteiger partial charge in [-0.3, -0.25) is 0 Å². The Morgan fingerprint density at radius 2 is 1.67 bits per heavy atom. The molecule has 0 saturated carbocycles. The highest BCUT2D eigenvalue weighted by atomic mass is 35.5. The molecule has 9 heteroatoms. The molecule has 140 valence electrons. The fraction of sp³-hybridized carbons (Fsp3) is 0.222. The summed E-state index contributed by atoms with van der Waals surface area (Å²) < 4.78 is 27.1. The van der Waals surface area contributed by atoms with Crippen LogP contribution in [0.2, 0.25) is 5.02 Å². The van der Waals surface area contributed by atoms with Gasteiger partial charge in [0.2, 0.25) is 0 Å². The van der Waals surface area contributed by atoms with E-state index in [4.69, 9.17) is 11.6 Å². The highest BCUT2D eigenvalue weighted by Gasteiger charge is 2.29. The number of piperazine rings is 1. The summed E-state index contributed by atoms with van der Waals surface area (Å²) in [6.07, 6.45) is 0. The molecular formula is C18H17ClN4O2S2. The zero-order chi connectivity index (χ0) is 18.9. The normalized spacial score (nSPS) is 15.8. The second-order valence-electron chi connectivity index (χ2n) is 6.11. The molecule has 0 unspecified atom stereocenters. The Kier molecular flexibility index (Phi) is 5.14. The van der Waals surface area contributed by atoms with Crippen molar-refractivity contribution in [3.8, 4) is 11.3 Å². The predicted octanol–water partition coefficient (Wildman–Crippen LogP) is 3.37. The molecule has 1 saturated heterocycles. The van der Waals surface area contributed by atoms with Crippen LogP contribution in [0.15, 0.2) is 58.1 Å². The van der Waals surface area contributed by atoms with Crippen molar-refractivity contribution in [2.75, 3.05) is 31.1 Å². The lowest BCUT2D eigenvalue weighted by Gasteiger charge is -2.34. The largest absolute Gasteiger partial charge is 0.352 e. The molecule has 0 atom stereocenters. The Bertz CT molecular complexity index is 999. The first-order valence-corrected chi connectivity index (χ1v) is 11.1. The van der Waals surface area contributed by atoms with Gasteiger partial charge in [0.25, 0.3) is 10.0 Å². The molecule has 1 aromatic carbocycles. The molecule has 3 aromatic rings. The first-order valence-electron chi connectivity index (χ1n) is 8.42. The summed E-state index contributed by atoms with van der Waals surface area (Å²) in [6, 6.07) is 14.7. The Morgan fingerprint density at radius 1 is 0.926 bits per heavy atom. The molecule has 4 rings (SSSR count). The number of hydrogen-bond acceptors (Lipinski definition) is 6. The van der Waals surface area contributed by atoms with E-state index >= 15 is 0 Å². The van der Waals surface area contributed by atoms with Gasteiger partial charge in [0, 0.05) is 36.8 Å².